The van der Waals surface area contributed by atoms with Gasteiger partial charge in [0.05, 0.1) is 27.3 Å². The molecule has 0 radical (unpaired) electrons. The molecule has 0 saturated carbocycles. The largest absolute Gasteiger partial charge is 0.497 e. The molecule has 0 bridgehead atoms. The van der Waals surface area contributed by atoms with Crippen molar-refractivity contribution >= 4 is 23.2 Å². The molecule has 0 aliphatic heterocycles. The summed E-state index contributed by atoms with van der Waals surface area (Å²) >= 11 is 0. The zero-order chi connectivity index (χ0) is 18.9. The molecule has 138 valence electrons. The molecule has 0 unspecified atom stereocenters. The molecular formula is C19H23N3O4. The third-order valence-electron chi connectivity index (χ3n) is 3.57. The van der Waals surface area contributed by atoms with Crippen LogP contribution >= 0.6 is 0 Å². The number of benzene rings is 2. The van der Waals surface area contributed by atoms with Gasteiger partial charge in [-0.1, -0.05) is 0 Å². The molecule has 0 aliphatic carbocycles. The SMILES string of the molecule is COc1ccc(NC(=O)CN(C)CC(=O)Nc2ccc(OC)cc2)cc1. The minimum atomic E-state index is -0.199. The van der Waals surface area contributed by atoms with E-state index in [2.05, 4.69) is 10.6 Å². The summed E-state index contributed by atoms with van der Waals surface area (Å²) in [5.41, 5.74) is 1.35. The lowest BCUT2D eigenvalue weighted by Crippen LogP contribution is -2.36. The van der Waals surface area contributed by atoms with Gasteiger partial charge in [-0.15, -0.1) is 0 Å². The van der Waals surface area contributed by atoms with Crippen molar-refractivity contribution < 1.29 is 19.1 Å². The maximum atomic E-state index is 12.1. The molecule has 7 heteroatoms. The van der Waals surface area contributed by atoms with E-state index in [0.29, 0.717) is 11.4 Å². The van der Waals surface area contributed by atoms with E-state index in [0.717, 1.165) is 11.5 Å². The highest BCUT2D eigenvalue weighted by molar-refractivity contribution is 5.94. The van der Waals surface area contributed by atoms with Crippen molar-refractivity contribution in [3.63, 3.8) is 0 Å². The summed E-state index contributed by atoms with van der Waals surface area (Å²) < 4.78 is 10.1. The van der Waals surface area contributed by atoms with E-state index in [1.165, 1.54) is 0 Å². The minimum absolute atomic E-state index is 0.0993. The highest BCUT2D eigenvalue weighted by Gasteiger charge is 2.11. The molecule has 0 spiro atoms. The summed E-state index contributed by atoms with van der Waals surface area (Å²) in [6, 6.07) is 14.1. The van der Waals surface area contributed by atoms with Crippen LogP contribution in [0.5, 0.6) is 11.5 Å². The summed E-state index contributed by atoms with van der Waals surface area (Å²) in [6.45, 7) is 0.199. The van der Waals surface area contributed by atoms with Gasteiger partial charge in [0.2, 0.25) is 11.8 Å². The molecule has 0 aliphatic rings. The number of hydrogen-bond acceptors (Lipinski definition) is 5. The smallest absolute Gasteiger partial charge is 0.238 e. The maximum Gasteiger partial charge on any atom is 0.238 e. The molecule has 2 rings (SSSR count). The minimum Gasteiger partial charge on any atom is -0.497 e. The molecule has 2 aromatic rings. The lowest BCUT2D eigenvalue weighted by Gasteiger charge is -2.16. The molecule has 2 amide bonds. The Hall–Kier alpha value is -3.06. The van der Waals surface area contributed by atoms with Gasteiger partial charge in [0.1, 0.15) is 11.5 Å². The molecule has 0 aromatic heterocycles. The Morgan fingerprint density at radius 3 is 1.42 bits per heavy atom. The second-order valence-corrected chi connectivity index (χ2v) is 5.73. The first-order chi connectivity index (χ1) is 12.5. The van der Waals surface area contributed by atoms with Gasteiger partial charge in [-0.25, -0.2) is 0 Å². The summed E-state index contributed by atoms with van der Waals surface area (Å²) in [5.74, 6) is 1.04. The predicted molar refractivity (Wildman–Crippen MR) is 101 cm³/mol. The fourth-order valence-corrected chi connectivity index (χ4v) is 2.30. The van der Waals surface area contributed by atoms with E-state index in [9.17, 15) is 9.59 Å². The molecule has 0 saturated heterocycles. The fourth-order valence-electron chi connectivity index (χ4n) is 2.30. The van der Waals surface area contributed by atoms with Gasteiger partial charge in [-0.05, 0) is 55.6 Å². The first kappa shape index (κ1) is 19.3. The van der Waals surface area contributed by atoms with Crippen LogP contribution in [0.3, 0.4) is 0 Å². The summed E-state index contributed by atoms with van der Waals surface area (Å²) in [6.07, 6.45) is 0. The van der Waals surface area contributed by atoms with Crippen molar-refractivity contribution in [2.75, 3.05) is 45.0 Å². The first-order valence-electron chi connectivity index (χ1n) is 8.06. The van der Waals surface area contributed by atoms with Crippen molar-refractivity contribution in [1.82, 2.24) is 4.90 Å². The van der Waals surface area contributed by atoms with Crippen LogP contribution < -0.4 is 20.1 Å². The number of likely N-dealkylation sites (N-methyl/N-ethyl adjacent to an activating group) is 1. The van der Waals surface area contributed by atoms with Gasteiger partial charge in [-0.3, -0.25) is 14.5 Å². The molecule has 2 aromatic carbocycles. The molecule has 0 fully saturated rings. The number of anilines is 2. The van der Waals surface area contributed by atoms with Gasteiger partial charge in [0, 0.05) is 11.4 Å². The van der Waals surface area contributed by atoms with Crippen molar-refractivity contribution in [2.45, 2.75) is 0 Å². The Bertz CT molecular complexity index is 666. The van der Waals surface area contributed by atoms with Crippen LogP contribution in [0.1, 0.15) is 0 Å². The number of carbonyl (C=O) groups is 2. The highest BCUT2D eigenvalue weighted by Crippen LogP contribution is 2.15. The Morgan fingerprint density at radius 2 is 1.12 bits per heavy atom. The van der Waals surface area contributed by atoms with E-state index in [1.807, 2.05) is 0 Å². The zero-order valence-electron chi connectivity index (χ0n) is 15.1. The van der Waals surface area contributed by atoms with Crippen molar-refractivity contribution in [3.8, 4) is 11.5 Å². The predicted octanol–water partition coefficient (Wildman–Crippen LogP) is 2.21. The maximum absolute atomic E-state index is 12.1. The summed E-state index contributed by atoms with van der Waals surface area (Å²) in [5, 5.41) is 5.56. The van der Waals surface area contributed by atoms with Crippen LogP contribution in [0, 0.1) is 0 Å². The van der Waals surface area contributed by atoms with Crippen LogP contribution in [0.4, 0.5) is 11.4 Å². The number of rotatable bonds is 8. The number of methoxy groups -OCH3 is 2. The van der Waals surface area contributed by atoms with Gasteiger partial charge >= 0.3 is 0 Å². The summed E-state index contributed by atoms with van der Waals surface area (Å²) in [4.78, 5) is 25.8. The topological polar surface area (TPSA) is 79.9 Å². The number of ether oxygens (including phenoxy) is 2. The number of nitrogens with one attached hydrogen (secondary N) is 2. The number of carbonyl (C=O) groups excluding carboxylic acids is 2. The first-order valence-corrected chi connectivity index (χ1v) is 8.06. The molecule has 7 nitrogen and oxygen atoms in total. The number of hydrogen-bond donors (Lipinski definition) is 2. The Labute approximate surface area is 152 Å². The van der Waals surface area contributed by atoms with Crippen LogP contribution in [-0.4, -0.2) is 51.1 Å². The Morgan fingerprint density at radius 1 is 0.769 bits per heavy atom. The third-order valence-corrected chi connectivity index (χ3v) is 3.57. The average Bonchev–Trinajstić information content (AvgIpc) is 2.62. The Balaban J connectivity index is 1.77. The lowest BCUT2D eigenvalue weighted by atomic mass is 10.3. The standard InChI is InChI=1S/C19H23N3O4/c1-22(12-18(23)20-14-4-8-16(25-2)9-5-14)13-19(24)21-15-6-10-17(26-3)11-7-15/h4-11H,12-13H2,1-3H3,(H,20,23)(H,21,24). The van der Waals surface area contributed by atoms with Crippen molar-refractivity contribution in [3.05, 3.63) is 48.5 Å². The van der Waals surface area contributed by atoms with Crippen molar-refractivity contribution in [2.24, 2.45) is 0 Å². The van der Waals surface area contributed by atoms with Gasteiger partial charge in [0.25, 0.3) is 0 Å². The average molecular weight is 357 g/mol. The van der Waals surface area contributed by atoms with E-state index in [4.69, 9.17) is 9.47 Å². The molecule has 0 heterocycles. The van der Waals surface area contributed by atoms with E-state index >= 15 is 0 Å². The van der Waals surface area contributed by atoms with Gasteiger partial charge < -0.3 is 20.1 Å². The molecule has 0 atom stereocenters. The Kier molecular flexibility index (Phi) is 6.99. The number of amides is 2. The third kappa shape index (κ3) is 6.10. The fraction of sp³-hybridized carbons (Fsp3) is 0.263. The van der Waals surface area contributed by atoms with E-state index in [1.54, 1.807) is 74.7 Å². The van der Waals surface area contributed by atoms with Crippen LogP contribution in [-0.2, 0) is 9.59 Å². The highest BCUT2D eigenvalue weighted by atomic mass is 16.5. The van der Waals surface area contributed by atoms with Crippen molar-refractivity contribution in [1.29, 1.82) is 0 Å². The van der Waals surface area contributed by atoms with E-state index in [-0.39, 0.29) is 24.9 Å². The van der Waals surface area contributed by atoms with Crippen LogP contribution in [0.2, 0.25) is 0 Å². The second kappa shape index (κ2) is 9.43. The number of nitrogens with zero attached hydrogens (tertiary/aromatic N) is 1. The summed E-state index contributed by atoms with van der Waals surface area (Å²) in [7, 11) is 4.88. The lowest BCUT2D eigenvalue weighted by molar-refractivity contribution is -0.119. The van der Waals surface area contributed by atoms with Gasteiger partial charge in [-0.2, -0.15) is 0 Å². The van der Waals surface area contributed by atoms with Crippen LogP contribution in [0.25, 0.3) is 0 Å². The second-order valence-electron chi connectivity index (χ2n) is 5.73. The van der Waals surface area contributed by atoms with Gasteiger partial charge in [0.15, 0.2) is 0 Å². The van der Waals surface area contributed by atoms with E-state index < -0.39 is 0 Å². The quantitative estimate of drug-likeness (QED) is 0.757. The van der Waals surface area contributed by atoms with Crippen LogP contribution in [0.15, 0.2) is 48.5 Å². The normalized spacial score (nSPS) is 10.3. The molecule has 2 N–H and O–H groups in total. The molecular weight excluding hydrogens is 334 g/mol. The zero-order valence-corrected chi connectivity index (χ0v) is 15.1. The molecule has 26 heavy (non-hydrogen) atoms. The monoisotopic (exact) mass is 357 g/mol.